The first-order valence-corrected chi connectivity index (χ1v) is 5.26. The topological polar surface area (TPSA) is 94.5 Å². The third kappa shape index (κ3) is 2.32. The lowest BCUT2D eigenvalue weighted by Gasteiger charge is -2.05. The molecule has 2 heterocycles. The highest BCUT2D eigenvalue weighted by Crippen LogP contribution is 2.11. The maximum absolute atomic E-state index is 5.82. The van der Waals surface area contributed by atoms with Gasteiger partial charge in [0.25, 0.3) is 0 Å². The summed E-state index contributed by atoms with van der Waals surface area (Å²) in [6, 6.07) is 0. The zero-order valence-corrected chi connectivity index (χ0v) is 10.1. The molecule has 0 aliphatic heterocycles. The number of aryl methyl sites for hydroxylation is 3. The zero-order valence-electron chi connectivity index (χ0n) is 10.1. The molecule has 17 heavy (non-hydrogen) atoms. The van der Waals surface area contributed by atoms with Gasteiger partial charge in [0.2, 0.25) is 5.95 Å². The van der Waals surface area contributed by atoms with Gasteiger partial charge in [-0.05, 0) is 13.8 Å². The van der Waals surface area contributed by atoms with Gasteiger partial charge >= 0.3 is 0 Å². The third-order valence-electron chi connectivity index (χ3n) is 2.59. The molecule has 2 aromatic heterocycles. The fourth-order valence-electron chi connectivity index (χ4n) is 1.33. The molecule has 0 atom stereocenters. The van der Waals surface area contributed by atoms with Crippen LogP contribution in [-0.2, 0) is 13.6 Å². The summed E-state index contributed by atoms with van der Waals surface area (Å²) >= 11 is 0. The van der Waals surface area contributed by atoms with Crippen molar-refractivity contribution < 1.29 is 0 Å². The van der Waals surface area contributed by atoms with Crippen molar-refractivity contribution in [1.29, 1.82) is 0 Å². The summed E-state index contributed by atoms with van der Waals surface area (Å²) in [6.07, 6.45) is 1.72. The standard InChI is InChI=1S/C10H15N7/c1-6-7(2)15-16-10(14-6)12-4-8-5-13-17(3)9(8)11/h5H,4,11H2,1-3H3,(H,12,14,16). The highest BCUT2D eigenvalue weighted by Gasteiger charge is 2.06. The van der Waals surface area contributed by atoms with Crippen LogP contribution in [0, 0.1) is 13.8 Å². The maximum atomic E-state index is 5.82. The molecule has 0 saturated carbocycles. The van der Waals surface area contributed by atoms with Crippen LogP contribution in [0.1, 0.15) is 17.0 Å². The normalized spacial score (nSPS) is 10.5. The molecule has 0 spiro atoms. The first-order valence-electron chi connectivity index (χ1n) is 5.26. The quantitative estimate of drug-likeness (QED) is 0.797. The van der Waals surface area contributed by atoms with Gasteiger partial charge in [-0.25, -0.2) is 4.98 Å². The Morgan fingerprint density at radius 1 is 1.29 bits per heavy atom. The third-order valence-corrected chi connectivity index (χ3v) is 2.59. The van der Waals surface area contributed by atoms with Crippen LogP contribution >= 0.6 is 0 Å². The second-order valence-corrected chi connectivity index (χ2v) is 3.84. The number of nitrogens with two attached hydrogens (primary N) is 1. The molecule has 0 radical (unpaired) electrons. The monoisotopic (exact) mass is 233 g/mol. The van der Waals surface area contributed by atoms with E-state index in [0.717, 1.165) is 17.0 Å². The van der Waals surface area contributed by atoms with Crippen molar-refractivity contribution in [2.45, 2.75) is 20.4 Å². The summed E-state index contributed by atoms with van der Waals surface area (Å²) in [7, 11) is 1.80. The van der Waals surface area contributed by atoms with Crippen molar-refractivity contribution in [2.24, 2.45) is 7.05 Å². The van der Waals surface area contributed by atoms with Gasteiger partial charge in [-0.3, -0.25) is 4.68 Å². The van der Waals surface area contributed by atoms with Crippen LogP contribution in [0.5, 0.6) is 0 Å². The summed E-state index contributed by atoms with van der Waals surface area (Å²) in [5.74, 6) is 1.13. The van der Waals surface area contributed by atoms with E-state index in [1.54, 1.807) is 17.9 Å². The van der Waals surface area contributed by atoms with E-state index in [-0.39, 0.29) is 0 Å². The molecule has 0 unspecified atom stereocenters. The van der Waals surface area contributed by atoms with Crippen LogP contribution in [0.2, 0.25) is 0 Å². The Morgan fingerprint density at radius 2 is 2.06 bits per heavy atom. The van der Waals surface area contributed by atoms with Crippen molar-refractivity contribution in [1.82, 2.24) is 25.0 Å². The van der Waals surface area contributed by atoms with E-state index in [0.29, 0.717) is 18.3 Å². The predicted molar refractivity (Wildman–Crippen MR) is 64.2 cm³/mol. The van der Waals surface area contributed by atoms with E-state index in [1.807, 2.05) is 13.8 Å². The lowest BCUT2D eigenvalue weighted by atomic mass is 10.3. The number of hydrogen-bond acceptors (Lipinski definition) is 6. The molecule has 0 aromatic carbocycles. The fraction of sp³-hybridized carbons (Fsp3) is 0.400. The summed E-state index contributed by atoms with van der Waals surface area (Å²) in [5.41, 5.74) is 8.43. The Morgan fingerprint density at radius 3 is 2.65 bits per heavy atom. The van der Waals surface area contributed by atoms with Crippen molar-refractivity contribution >= 4 is 11.8 Å². The molecule has 0 saturated heterocycles. The summed E-state index contributed by atoms with van der Waals surface area (Å²) < 4.78 is 1.62. The number of nitrogens with one attached hydrogen (secondary N) is 1. The van der Waals surface area contributed by atoms with Gasteiger partial charge in [-0.2, -0.15) is 10.2 Å². The summed E-state index contributed by atoms with van der Waals surface area (Å²) in [6.45, 7) is 4.30. The number of anilines is 2. The Hall–Kier alpha value is -2.18. The van der Waals surface area contributed by atoms with Crippen molar-refractivity contribution in [3.05, 3.63) is 23.1 Å². The second kappa shape index (κ2) is 4.36. The molecule has 3 N–H and O–H groups in total. The number of hydrogen-bond donors (Lipinski definition) is 2. The van der Waals surface area contributed by atoms with Crippen LogP contribution in [-0.4, -0.2) is 25.0 Å². The van der Waals surface area contributed by atoms with Gasteiger partial charge in [0.05, 0.1) is 17.6 Å². The summed E-state index contributed by atoms with van der Waals surface area (Å²) in [4.78, 5) is 4.27. The Kier molecular flexibility index (Phi) is 2.90. The fourth-order valence-corrected chi connectivity index (χ4v) is 1.33. The lowest BCUT2D eigenvalue weighted by molar-refractivity contribution is 0.778. The van der Waals surface area contributed by atoms with E-state index in [1.165, 1.54) is 0 Å². The molecule has 0 aliphatic carbocycles. The molecule has 7 nitrogen and oxygen atoms in total. The Labute approximate surface area is 99.1 Å². The molecule has 2 aromatic rings. The molecular formula is C10H15N7. The molecule has 0 bridgehead atoms. The SMILES string of the molecule is Cc1nnc(NCc2cnn(C)c2N)nc1C. The van der Waals surface area contributed by atoms with E-state index in [2.05, 4.69) is 25.6 Å². The summed E-state index contributed by atoms with van der Waals surface area (Å²) in [5, 5.41) is 15.1. The molecule has 0 amide bonds. The first-order chi connectivity index (χ1) is 8.08. The van der Waals surface area contributed by atoms with E-state index in [9.17, 15) is 0 Å². The molecule has 2 rings (SSSR count). The number of nitrogens with zero attached hydrogens (tertiary/aromatic N) is 5. The highest BCUT2D eigenvalue weighted by molar-refractivity contribution is 5.40. The average Bonchev–Trinajstić information content (AvgIpc) is 2.62. The van der Waals surface area contributed by atoms with Gasteiger partial charge in [0.15, 0.2) is 0 Å². The Bertz CT molecular complexity index is 531. The first kappa shape index (κ1) is 11.3. The second-order valence-electron chi connectivity index (χ2n) is 3.84. The molecule has 7 heteroatoms. The van der Waals surface area contributed by atoms with Crippen LogP contribution in [0.4, 0.5) is 11.8 Å². The van der Waals surface area contributed by atoms with Crippen LogP contribution in [0.3, 0.4) is 0 Å². The van der Waals surface area contributed by atoms with Crippen molar-refractivity contribution in [3.63, 3.8) is 0 Å². The molecular weight excluding hydrogens is 218 g/mol. The Balaban J connectivity index is 2.07. The van der Waals surface area contributed by atoms with Gasteiger partial charge in [0.1, 0.15) is 5.82 Å². The average molecular weight is 233 g/mol. The number of rotatable bonds is 3. The minimum atomic E-state index is 0.497. The highest BCUT2D eigenvalue weighted by atomic mass is 15.3. The minimum absolute atomic E-state index is 0.497. The molecule has 90 valence electrons. The number of nitrogen functional groups attached to an aromatic ring is 1. The predicted octanol–water partition coefficient (Wildman–Crippen LogP) is 0.416. The van der Waals surface area contributed by atoms with Crippen LogP contribution in [0.25, 0.3) is 0 Å². The van der Waals surface area contributed by atoms with E-state index >= 15 is 0 Å². The lowest BCUT2D eigenvalue weighted by Crippen LogP contribution is -2.08. The number of aromatic nitrogens is 5. The van der Waals surface area contributed by atoms with Crippen molar-refractivity contribution in [2.75, 3.05) is 11.1 Å². The molecule has 0 aliphatic rings. The van der Waals surface area contributed by atoms with Crippen LogP contribution in [0.15, 0.2) is 6.20 Å². The van der Waals surface area contributed by atoms with Gasteiger partial charge < -0.3 is 11.1 Å². The van der Waals surface area contributed by atoms with Gasteiger partial charge in [-0.1, -0.05) is 0 Å². The van der Waals surface area contributed by atoms with Crippen molar-refractivity contribution in [3.8, 4) is 0 Å². The maximum Gasteiger partial charge on any atom is 0.243 e. The van der Waals surface area contributed by atoms with Crippen LogP contribution < -0.4 is 11.1 Å². The zero-order chi connectivity index (χ0) is 12.4. The van der Waals surface area contributed by atoms with E-state index < -0.39 is 0 Å². The van der Waals surface area contributed by atoms with Gasteiger partial charge in [0, 0.05) is 19.2 Å². The van der Waals surface area contributed by atoms with Gasteiger partial charge in [-0.15, -0.1) is 5.10 Å². The minimum Gasteiger partial charge on any atom is -0.384 e. The smallest absolute Gasteiger partial charge is 0.243 e. The molecule has 0 fully saturated rings. The largest absolute Gasteiger partial charge is 0.384 e. The van der Waals surface area contributed by atoms with E-state index in [4.69, 9.17) is 5.73 Å².